The van der Waals surface area contributed by atoms with Gasteiger partial charge in [0.05, 0.1) is 12.2 Å². The normalized spacial score (nSPS) is 13.9. The Balaban J connectivity index is 2.64. The van der Waals surface area contributed by atoms with Crippen LogP contribution < -0.4 is 0 Å². The molecule has 0 aromatic rings. The molecule has 0 saturated carbocycles. The van der Waals surface area contributed by atoms with Gasteiger partial charge in [0.1, 0.15) is 6.08 Å². The molecule has 0 heterocycles. The Hall–Kier alpha value is -1.38. The van der Waals surface area contributed by atoms with Gasteiger partial charge in [0.15, 0.2) is 5.57 Å². The van der Waals surface area contributed by atoms with Gasteiger partial charge >= 0.3 is 0 Å². The van der Waals surface area contributed by atoms with Crippen LogP contribution in [0.5, 0.6) is 0 Å². The van der Waals surface area contributed by atoms with Crippen molar-refractivity contribution in [1.82, 2.24) is 0 Å². The number of hydrogen-bond acceptors (Lipinski definition) is 0. The van der Waals surface area contributed by atoms with Gasteiger partial charge in [-0.15, -0.1) is 0 Å². The molecule has 0 aromatic carbocycles. The van der Waals surface area contributed by atoms with Crippen molar-refractivity contribution in [2.45, 2.75) is 0 Å². The minimum Gasteiger partial charge on any atom is -0.308 e. The molecule has 0 spiro atoms. The third-order valence-electron chi connectivity index (χ3n) is 1.02. The summed E-state index contributed by atoms with van der Waals surface area (Å²) in [5.74, 6) is 0. The van der Waals surface area contributed by atoms with Gasteiger partial charge in [-0.25, -0.2) is 6.57 Å². The van der Waals surface area contributed by atoms with E-state index < -0.39 is 0 Å². The average Bonchev–Trinajstić information content (AvgIpc) is 1.91. The van der Waals surface area contributed by atoms with E-state index in [4.69, 9.17) is 6.57 Å². The minimum atomic E-state index is 0.445. The van der Waals surface area contributed by atoms with Crippen LogP contribution in [0.1, 0.15) is 0 Å². The molecule has 9 heavy (non-hydrogen) atoms. The second-order valence-electron chi connectivity index (χ2n) is 1.70. The van der Waals surface area contributed by atoms with Crippen molar-refractivity contribution in [2.24, 2.45) is 0 Å². The lowest BCUT2D eigenvalue weighted by Gasteiger charge is -1.80. The SMILES string of the molecule is [C-]#[N+]CC1=CC=CC=[C+]1. The van der Waals surface area contributed by atoms with Crippen LogP contribution in [0.2, 0.25) is 0 Å². The highest BCUT2D eigenvalue weighted by Gasteiger charge is 2.03. The van der Waals surface area contributed by atoms with E-state index in [1.165, 1.54) is 0 Å². The predicted octanol–water partition coefficient (Wildman–Crippen LogP) is 1.76. The maximum absolute atomic E-state index is 6.55. The summed E-state index contributed by atoms with van der Waals surface area (Å²) in [5, 5.41) is 0. The number of allylic oxidation sites excluding steroid dienone is 4. The third-order valence-corrected chi connectivity index (χ3v) is 1.02. The van der Waals surface area contributed by atoms with Gasteiger partial charge in [0, 0.05) is 12.2 Å². The second-order valence-corrected chi connectivity index (χ2v) is 1.70. The molecule has 0 saturated heterocycles. The number of rotatable bonds is 1. The van der Waals surface area contributed by atoms with E-state index in [0.717, 1.165) is 5.57 Å². The van der Waals surface area contributed by atoms with Crippen LogP contribution in [-0.4, -0.2) is 6.54 Å². The molecule has 0 unspecified atom stereocenters. The zero-order valence-corrected chi connectivity index (χ0v) is 4.96. The molecule has 1 aliphatic carbocycles. The summed E-state index contributed by atoms with van der Waals surface area (Å²) in [5.41, 5.74) is 0.965. The molecule has 0 aliphatic heterocycles. The third kappa shape index (κ3) is 1.53. The quantitative estimate of drug-likeness (QED) is 0.460. The Morgan fingerprint density at radius 1 is 1.56 bits per heavy atom. The van der Waals surface area contributed by atoms with E-state index in [1.807, 2.05) is 24.3 Å². The summed E-state index contributed by atoms with van der Waals surface area (Å²) in [7, 11) is 0. The fourth-order valence-corrected chi connectivity index (χ4v) is 0.614. The molecule has 0 radical (unpaired) electrons. The highest BCUT2D eigenvalue weighted by Crippen LogP contribution is 2.01. The van der Waals surface area contributed by atoms with E-state index in [-0.39, 0.29) is 0 Å². The molecule has 0 amide bonds. The number of hydrogen-bond donors (Lipinski definition) is 0. The highest BCUT2D eigenvalue weighted by atomic mass is 14.6. The zero-order chi connectivity index (χ0) is 6.53. The predicted molar refractivity (Wildman–Crippen MR) is 36.5 cm³/mol. The molecule has 0 aromatic heterocycles. The van der Waals surface area contributed by atoms with Crippen molar-refractivity contribution in [3.05, 3.63) is 47.4 Å². The minimum absolute atomic E-state index is 0.445. The molecular weight excluding hydrogens is 110 g/mol. The summed E-state index contributed by atoms with van der Waals surface area (Å²) in [6.45, 7) is 6.99. The van der Waals surface area contributed by atoms with Crippen LogP contribution in [0, 0.1) is 12.6 Å². The molecule has 1 nitrogen and oxygen atoms in total. The van der Waals surface area contributed by atoms with Crippen LogP contribution >= 0.6 is 0 Å². The van der Waals surface area contributed by atoms with E-state index >= 15 is 0 Å². The molecule has 42 valence electrons. The van der Waals surface area contributed by atoms with Crippen LogP contribution in [0.3, 0.4) is 0 Å². The first-order chi connectivity index (χ1) is 4.43. The maximum Gasteiger partial charge on any atom is 0.271 e. The molecular formula is C8H6N+. The van der Waals surface area contributed by atoms with Gasteiger partial charge in [-0.2, -0.15) is 0 Å². The Bertz CT molecular complexity index is 213. The first kappa shape index (κ1) is 5.75. The first-order valence-electron chi connectivity index (χ1n) is 2.72. The van der Waals surface area contributed by atoms with Crippen LogP contribution in [0.15, 0.2) is 29.9 Å². The Morgan fingerprint density at radius 2 is 2.44 bits per heavy atom. The smallest absolute Gasteiger partial charge is 0.271 e. The molecule has 1 heteroatoms. The number of nitrogens with zero attached hydrogens (tertiary/aromatic N) is 1. The maximum atomic E-state index is 6.55. The Morgan fingerprint density at radius 3 is 3.00 bits per heavy atom. The lowest BCUT2D eigenvalue weighted by Crippen LogP contribution is -1.83. The van der Waals surface area contributed by atoms with Gasteiger partial charge in [-0.1, -0.05) is 0 Å². The highest BCUT2D eigenvalue weighted by molar-refractivity contribution is 5.29. The molecule has 0 N–H and O–H groups in total. The molecule has 0 fully saturated rings. The Labute approximate surface area is 54.8 Å². The Kier molecular flexibility index (Phi) is 1.80. The lowest BCUT2D eigenvalue weighted by atomic mass is 10.2. The van der Waals surface area contributed by atoms with Crippen LogP contribution in [0.25, 0.3) is 4.85 Å². The van der Waals surface area contributed by atoms with Crippen LogP contribution in [-0.2, 0) is 0 Å². The first-order valence-corrected chi connectivity index (χ1v) is 2.72. The summed E-state index contributed by atoms with van der Waals surface area (Å²) in [6, 6.07) is 0. The fraction of sp³-hybridized carbons (Fsp3) is 0.125. The van der Waals surface area contributed by atoms with E-state index in [9.17, 15) is 0 Å². The second kappa shape index (κ2) is 2.81. The van der Waals surface area contributed by atoms with E-state index in [2.05, 4.69) is 10.9 Å². The molecule has 0 atom stereocenters. The fourth-order valence-electron chi connectivity index (χ4n) is 0.614. The summed E-state index contributed by atoms with van der Waals surface area (Å²) < 4.78 is 0. The van der Waals surface area contributed by atoms with Crippen LogP contribution in [0.4, 0.5) is 0 Å². The van der Waals surface area contributed by atoms with Gasteiger partial charge in [-0.05, 0) is 0 Å². The molecule has 1 rings (SSSR count). The van der Waals surface area contributed by atoms with E-state index in [0.29, 0.717) is 6.54 Å². The van der Waals surface area contributed by atoms with Gasteiger partial charge in [0.25, 0.3) is 6.54 Å². The largest absolute Gasteiger partial charge is 0.308 e. The summed E-state index contributed by atoms with van der Waals surface area (Å²) >= 11 is 0. The summed E-state index contributed by atoms with van der Waals surface area (Å²) in [6.07, 6.45) is 10.5. The topological polar surface area (TPSA) is 4.36 Å². The van der Waals surface area contributed by atoms with Crippen molar-refractivity contribution in [2.75, 3.05) is 6.54 Å². The van der Waals surface area contributed by atoms with Crippen molar-refractivity contribution < 1.29 is 0 Å². The molecule has 0 bridgehead atoms. The summed E-state index contributed by atoms with van der Waals surface area (Å²) in [4.78, 5) is 3.22. The van der Waals surface area contributed by atoms with Gasteiger partial charge < -0.3 is 4.85 Å². The average molecular weight is 116 g/mol. The van der Waals surface area contributed by atoms with Crippen molar-refractivity contribution >= 4 is 0 Å². The zero-order valence-electron chi connectivity index (χ0n) is 4.96. The van der Waals surface area contributed by atoms with Crippen molar-refractivity contribution in [3.8, 4) is 0 Å². The van der Waals surface area contributed by atoms with Gasteiger partial charge in [-0.3, -0.25) is 0 Å². The van der Waals surface area contributed by atoms with Gasteiger partial charge in [0.2, 0.25) is 0 Å². The monoisotopic (exact) mass is 116 g/mol. The van der Waals surface area contributed by atoms with E-state index in [1.54, 1.807) is 0 Å². The lowest BCUT2D eigenvalue weighted by molar-refractivity contribution is 1.36. The van der Waals surface area contributed by atoms with Crippen molar-refractivity contribution in [1.29, 1.82) is 0 Å². The molecule has 1 aliphatic rings. The standard InChI is InChI=1S/C8H6N/c1-9-7-8-5-3-2-4-6-8/h2-5H,7H2/q+1. The van der Waals surface area contributed by atoms with Crippen molar-refractivity contribution in [3.63, 3.8) is 0 Å².